The number of carbonyl (C=O) groups excluding carboxylic acids is 1. The van der Waals surface area contributed by atoms with Crippen molar-refractivity contribution in [2.75, 3.05) is 13.2 Å². The van der Waals surface area contributed by atoms with Crippen molar-refractivity contribution in [3.8, 4) is 5.75 Å². The van der Waals surface area contributed by atoms with Gasteiger partial charge in [-0.15, -0.1) is 0 Å². The SMILES string of the molecule is Cc1cccc(OCCCCn2c(CCCCCNC(=O)CCc3ccccc3)nc3ccccc32)c1. The van der Waals surface area contributed by atoms with E-state index in [2.05, 4.69) is 65.3 Å². The normalized spacial score (nSPS) is 11.1. The van der Waals surface area contributed by atoms with Crippen LogP contribution in [0.3, 0.4) is 0 Å². The number of hydrogen-bond acceptors (Lipinski definition) is 3. The first kappa shape index (κ1) is 26.5. The summed E-state index contributed by atoms with van der Waals surface area (Å²) in [6.07, 6.45) is 7.49. The average Bonchev–Trinajstić information content (AvgIpc) is 3.27. The van der Waals surface area contributed by atoms with Crippen LogP contribution in [-0.4, -0.2) is 28.6 Å². The number of amides is 1. The predicted octanol–water partition coefficient (Wildman–Crippen LogP) is 6.67. The lowest BCUT2D eigenvalue weighted by atomic mass is 10.1. The molecule has 1 amide bonds. The molecule has 0 spiro atoms. The first-order valence-corrected chi connectivity index (χ1v) is 13.6. The van der Waals surface area contributed by atoms with Crippen LogP contribution in [0, 0.1) is 6.92 Å². The van der Waals surface area contributed by atoms with Gasteiger partial charge in [-0.25, -0.2) is 4.98 Å². The zero-order valence-corrected chi connectivity index (χ0v) is 22.0. The predicted molar refractivity (Wildman–Crippen MR) is 151 cm³/mol. The largest absolute Gasteiger partial charge is 0.494 e. The van der Waals surface area contributed by atoms with E-state index in [-0.39, 0.29) is 5.91 Å². The van der Waals surface area contributed by atoms with Crippen molar-refractivity contribution in [3.63, 3.8) is 0 Å². The second-order valence-corrected chi connectivity index (χ2v) is 9.69. The summed E-state index contributed by atoms with van der Waals surface area (Å²) in [6, 6.07) is 26.8. The highest BCUT2D eigenvalue weighted by atomic mass is 16.5. The minimum absolute atomic E-state index is 0.136. The molecule has 0 atom stereocenters. The fraction of sp³-hybridized carbons (Fsp3) is 0.375. The van der Waals surface area contributed by atoms with E-state index in [4.69, 9.17) is 9.72 Å². The molecule has 4 aromatic rings. The Hall–Kier alpha value is -3.60. The summed E-state index contributed by atoms with van der Waals surface area (Å²) >= 11 is 0. The highest BCUT2D eigenvalue weighted by molar-refractivity contribution is 5.76. The molecular weight excluding hydrogens is 458 g/mol. The Morgan fingerprint density at radius 3 is 2.57 bits per heavy atom. The number of aryl methyl sites for hydroxylation is 4. The molecule has 0 bridgehead atoms. The summed E-state index contributed by atoms with van der Waals surface area (Å²) in [5, 5.41) is 3.07. The molecule has 194 valence electrons. The molecule has 4 rings (SSSR count). The van der Waals surface area contributed by atoms with Crippen LogP contribution in [0.4, 0.5) is 0 Å². The molecule has 5 heteroatoms. The molecule has 1 aromatic heterocycles. The van der Waals surface area contributed by atoms with Crippen LogP contribution in [-0.2, 0) is 24.2 Å². The number of hydrogen-bond donors (Lipinski definition) is 1. The third kappa shape index (κ3) is 8.49. The van der Waals surface area contributed by atoms with Crippen LogP contribution >= 0.6 is 0 Å². The number of nitrogens with one attached hydrogen (secondary N) is 1. The quantitative estimate of drug-likeness (QED) is 0.187. The van der Waals surface area contributed by atoms with E-state index in [0.29, 0.717) is 6.42 Å². The molecule has 0 radical (unpaired) electrons. The Bertz CT molecular complexity index is 1250. The Labute approximate surface area is 220 Å². The number of ether oxygens (including phenoxy) is 1. The van der Waals surface area contributed by atoms with Crippen molar-refractivity contribution in [1.82, 2.24) is 14.9 Å². The van der Waals surface area contributed by atoms with Gasteiger partial charge in [-0.3, -0.25) is 4.79 Å². The van der Waals surface area contributed by atoms with E-state index >= 15 is 0 Å². The number of fused-ring (bicyclic) bond motifs is 1. The molecule has 5 nitrogen and oxygen atoms in total. The van der Waals surface area contributed by atoms with E-state index in [9.17, 15) is 4.79 Å². The Balaban J connectivity index is 1.17. The smallest absolute Gasteiger partial charge is 0.220 e. The van der Waals surface area contributed by atoms with Gasteiger partial charge in [0.15, 0.2) is 0 Å². The summed E-state index contributed by atoms with van der Waals surface area (Å²) in [6.45, 7) is 4.50. The minimum Gasteiger partial charge on any atom is -0.494 e. The number of aromatic nitrogens is 2. The molecule has 0 unspecified atom stereocenters. The Morgan fingerprint density at radius 1 is 0.865 bits per heavy atom. The molecule has 1 heterocycles. The maximum absolute atomic E-state index is 12.1. The van der Waals surface area contributed by atoms with Crippen molar-refractivity contribution in [3.05, 3.63) is 95.8 Å². The van der Waals surface area contributed by atoms with E-state index in [1.54, 1.807) is 0 Å². The summed E-state index contributed by atoms with van der Waals surface area (Å²) in [5.41, 5.74) is 4.71. The van der Waals surface area contributed by atoms with E-state index in [1.807, 2.05) is 30.3 Å². The molecule has 1 N–H and O–H groups in total. The molecule has 37 heavy (non-hydrogen) atoms. The zero-order chi connectivity index (χ0) is 25.7. The molecule has 3 aromatic carbocycles. The summed E-state index contributed by atoms with van der Waals surface area (Å²) < 4.78 is 8.31. The Kier molecular flexibility index (Phi) is 10.2. The fourth-order valence-corrected chi connectivity index (χ4v) is 4.64. The van der Waals surface area contributed by atoms with E-state index < -0.39 is 0 Å². The van der Waals surface area contributed by atoms with Gasteiger partial charge < -0.3 is 14.6 Å². The number of unbranched alkanes of at least 4 members (excludes halogenated alkanes) is 3. The van der Waals surface area contributed by atoms with Crippen LogP contribution < -0.4 is 10.1 Å². The van der Waals surface area contributed by atoms with E-state index in [1.165, 1.54) is 16.6 Å². The third-order valence-corrected chi connectivity index (χ3v) is 6.65. The van der Waals surface area contributed by atoms with Gasteiger partial charge in [0.05, 0.1) is 17.6 Å². The zero-order valence-electron chi connectivity index (χ0n) is 22.0. The van der Waals surface area contributed by atoms with Gasteiger partial charge in [0, 0.05) is 25.9 Å². The van der Waals surface area contributed by atoms with Crippen molar-refractivity contribution in [2.24, 2.45) is 0 Å². The number of imidazole rings is 1. The van der Waals surface area contributed by atoms with Crippen LogP contribution in [0.1, 0.15) is 55.5 Å². The van der Waals surface area contributed by atoms with Gasteiger partial charge in [-0.1, -0.05) is 61.0 Å². The number of nitrogens with zero attached hydrogens (tertiary/aromatic N) is 2. The van der Waals surface area contributed by atoms with Gasteiger partial charge in [0.1, 0.15) is 11.6 Å². The van der Waals surface area contributed by atoms with Gasteiger partial charge in [0.2, 0.25) is 5.91 Å². The topological polar surface area (TPSA) is 56.1 Å². The van der Waals surface area contributed by atoms with Crippen molar-refractivity contribution >= 4 is 16.9 Å². The molecule has 0 aliphatic carbocycles. The molecule has 0 saturated heterocycles. The molecular formula is C32H39N3O2. The Morgan fingerprint density at radius 2 is 1.70 bits per heavy atom. The maximum atomic E-state index is 12.1. The molecule has 0 aliphatic rings. The fourth-order valence-electron chi connectivity index (χ4n) is 4.64. The number of rotatable bonds is 15. The minimum atomic E-state index is 0.136. The molecule has 0 fully saturated rings. The average molecular weight is 498 g/mol. The number of carbonyl (C=O) groups is 1. The highest BCUT2D eigenvalue weighted by Crippen LogP contribution is 2.19. The van der Waals surface area contributed by atoms with Crippen molar-refractivity contribution in [2.45, 2.75) is 64.8 Å². The second-order valence-electron chi connectivity index (χ2n) is 9.69. The first-order valence-electron chi connectivity index (χ1n) is 13.6. The number of para-hydroxylation sites is 2. The highest BCUT2D eigenvalue weighted by Gasteiger charge is 2.10. The van der Waals surface area contributed by atoms with Gasteiger partial charge in [0.25, 0.3) is 0 Å². The van der Waals surface area contributed by atoms with E-state index in [0.717, 1.165) is 81.7 Å². The monoisotopic (exact) mass is 497 g/mol. The summed E-state index contributed by atoms with van der Waals surface area (Å²) in [5.74, 6) is 2.24. The summed E-state index contributed by atoms with van der Waals surface area (Å²) in [4.78, 5) is 17.1. The van der Waals surface area contributed by atoms with Gasteiger partial charge in [-0.05, 0) is 74.4 Å². The molecule has 0 aliphatic heterocycles. The lowest BCUT2D eigenvalue weighted by Gasteiger charge is -2.11. The van der Waals surface area contributed by atoms with Crippen LogP contribution in [0.25, 0.3) is 11.0 Å². The van der Waals surface area contributed by atoms with Gasteiger partial charge in [-0.2, -0.15) is 0 Å². The second kappa shape index (κ2) is 14.2. The first-order chi connectivity index (χ1) is 18.2. The van der Waals surface area contributed by atoms with Gasteiger partial charge >= 0.3 is 0 Å². The van der Waals surface area contributed by atoms with Crippen molar-refractivity contribution < 1.29 is 9.53 Å². The van der Waals surface area contributed by atoms with Crippen molar-refractivity contribution in [1.29, 1.82) is 0 Å². The third-order valence-electron chi connectivity index (χ3n) is 6.65. The summed E-state index contributed by atoms with van der Waals surface area (Å²) in [7, 11) is 0. The van der Waals surface area contributed by atoms with Crippen LogP contribution in [0.2, 0.25) is 0 Å². The molecule has 0 saturated carbocycles. The van der Waals surface area contributed by atoms with Crippen LogP contribution in [0.5, 0.6) is 5.75 Å². The maximum Gasteiger partial charge on any atom is 0.220 e. The number of benzene rings is 3. The standard InChI is InChI=1S/C32H39N3O2/c1-26-13-12-16-28(25-26)37-24-11-10-23-35-30-18-8-7-17-29(30)34-31(35)19-6-3-9-22-33-32(36)21-20-27-14-4-2-5-15-27/h2,4-5,7-8,12-18,25H,3,6,9-11,19-24H2,1H3,(H,33,36). The lowest BCUT2D eigenvalue weighted by Crippen LogP contribution is -2.24. The lowest BCUT2D eigenvalue weighted by molar-refractivity contribution is -0.121. The van der Waals surface area contributed by atoms with Crippen LogP contribution in [0.15, 0.2) is 78.9 Å².